The average molecular weight is 601 g/mol. The molecule has 1 saturated carbocycles. The lowest BCUT2D eigenvalue weighted by Crippen LogP contribution is -2.29. The first kappa shape index (κ1) is 31.8. The van der Waals surface area contributed by atoms with E-state index < -0.39 is 27.7 Å². The second-order valence-corrected chi connectivity index (χ2v) is 14.6. The summed E-state index contributed by atoms with van der Waals surface area (Å²) in [6.45, 7) is 12.1. The fourth-order valence-corrected chi connectivity index (χ4v) is 6.79. The van der Waals surface area contributed by atoms with Crippen LogP contribution in [0.1, 0.15) is 93.0 Å². The third kappa shape index (κ3) is 7.26. The standard InChI is InChI=1S/C32H44N2O7S/c1-18-8-10-21(11-9-18)16-24(35)27-19(2)26(22-12-13-25-23(17-22)33-14-15-40-25)28(20(3)29(27)34-42(7,38)39)30(31(36)37)41-32(4,5)6/h12-13,17-18,21,30,33-34H,8-11,14-16H2,1-7H3,(H,36,37). The van der Waals surface area contributed by atoms with E-state index in [0.717, 1.165) is 37.6 Å². The molecule has 1 aliphatic heterocycles. The summed E-state index contributed by atoms with van der Waals surface area (Å²) < 4.78 is 39.7. The molecular formula is C32H44N2O7S. The van der Waals surface area contributed by atoms with Crippen LogP contribution in [-0.2, 0) is 19.6 Å². The Morgan fingerprint density at radius 3 is 2.40 bits per heavy atom. The van der Waals surface area contributed by atoms with Crippen LogP contribution in [-0.4, -0.2) is 50.3 Å². The van der Waals surface area contributed by atoms with E-state index in [1.165, 1.54) is 0 Å². The summed E-state index contributed by atoms with van der Waals surface area (Å²) in [5, 5.41) is 13.8. The van der Waals surface area contributed by atoms with Crippen LogP contribution in [0.3, 0.4) is 0 Å². The number of ketones is 1. The number of aliphatic carboxylic acids is 1. The van der Waals surface area contributed by atoms with Gasteiger partial charge in [0, 0.05) is 24.1 Å². The van der Waals surface area contributed by atoms with Crippen LogP contribution < -0.4 is 14.8 Å². The molecule has 0 aromatic heterocycles. The first-order chi connectivity index (χ1) is 19.6. The highest BCUT2D eigenvalue weighted by molar-refractivity contribution is 7.92. The lowest BCUT2D eigenvalue weighted by atomic mass is 9.78. The predicted octanol–water partition coefficient (Wildman–Crippen LogP) is 6.49. The van der Waals surface area contributed by atoms with Gasteiger partial charge in [-0.1, -0.05) is 25.8 Å². The number of hydrogen-bond acceptors (Lipinski definition) is 7. The molecule has 0 spiro atoms. The molecule has 1 unspecified atom stereocenters. The van der Waals surface area contributed by atoms with Crippen molar-refractivity contribution in [2.45, 2.75) is 85.4 Å². The van der Waals surface area contributed by atoms with E-state index in [0.29, 0.717) is 59.1 Å². The maximum atomic E-state index is 14.1. The number of carboxylic acid groups (broad SMARTS) is 1. The van der Waals surface area contributed by atoms with Gasteiger partial charge < -0.3 is 19.9 Å². The van der Waals surface area contributed by atoms with E-state index in [2.05, 4.69) is 17.0 Å². The number of carbonyl (C=O) groups excluding carboxylic acids is 1. The van der Waals surface area contributed by atoms with E-state index in [1.807, 2.05) is 18.2 Å². The van der Waals surface area contributed by atoms with Gasteiger partial charge in [0.1, 0.15) is 12.4 Å². The normalized spacial score (nSPS) is 19.7. The Bertz CT molecular complexity index is 1470. The minimum atomic E-state index is -3.82. The molecule has 3 N–H and O–H groups in total. The average Bonchev–Trinajstić information content (AvgIpc) is 2.89. The van der Waals surface area contributed by atoms with Crippen molar-refractivity contribution in [2.75, 3.05) is 29.4 Å². The second-order valence-electron chi connectivity index (χ2n) is 12.9. The topological polar surface area (TPSA) is 131 Å². The van der Waals surface area contributed by atoms with Gasteiger partial charge in [0.2, 0.25) is 10.0 Å². The minimum absolute atomic E-state index is 0.117. The lowest BCUT2D eigenvalue weighted by Gasteiger charge is -2.31. The van der Waals surface area contributed by atoms with Gasteiger partial charge in [-0.15, -0.1) is 0 Å². The SMILES string of the molecule is Cc1c(C(=O)CC2CCC(C)CC2)c(NS(C)(=O)=O)c(C)c(C(OC(C)(C)C)C(=O)O)c1-c1ccc2c(c1)NCCO2. The summed E-state index contributed by atoms with van der Waals surface area (Å²) >= 11 is 0. The van der Waals surface area contributed by atoms with Crippen LogP contribution in [0, 0.1) is 25.7 Å². The minimum Gasteiger partial charge on any atom is -0.490 e. The number of sulfonamides is 1. The van der Waals surface area contributed by atoms with Crippen LogP contribution >= 0.6 is 0 Å². The zero-order valence-electron chi connectivity index (χ0n) is 25.7. The van der Waals surface area contributed by atoms with Crippen molar-refractivity contribution in [2.24, 2.45) is 11.8 Å². The van der Waals surface area contributed by atoms with E-state index in [1.54, 1.807) is 34.6 Å². The Balaban J connectivity index is 2.01. The number of rotatable bonds is 9. The number of carbonyl (C=O) groups is 2. The first-order valence-electron chi connectivity index (χ1n) is 14.7. The van der Waals surface area contributed by atoms with E-state index >= 15 is 0 Å². The summed E-state index contributed by atoms with van der Waals surface area (Å²) in [6.07, 6.45) is 3.91. The van der Waals surface area contributed by atoms with Crippen LogP contribution in [0.4, 0.5) is 11.4 Å². The number of carboxylic acids is 1. The molecule has 0 amide bonds. The van der Waals surface area contributed by atoms with Gasteiger partial charge in [-0.25, -0.2) is 13.2 Å². The predicted molar refractivity (Wildman–Crippen MR) is 165 cm³/mol. The Labute approximate surface area is 249 Å². The largest absolute Gasteiger partial charge is 0.490 e. The van der Waals surface area contributed by atoms with Gasteiger partial charge >= 0.3 is 5.97 Å². The molecule has 2 aromatic rings. The summed E-state index contributed by atoms with van der Waals surface area (Å²) in [5.74, 6) is 0.153. The maximum absolute atomic E-state index is 14.1. The van der Waals surface area contributed by atoms with Gasteiger partial charge in [0.05, 0.1) is 23.2 Å². The number of anilines is 2. The van der Waals surface area contributed by atoms with Crippen molar-refractivity contribution in [3.8, 4) is 16.9 Å². The highest BCUT2D eigenvalue weighted by Gasteiger charge is 2.36. The maximum Gasteiger partial charge on any atom is 0.337 e. The van der Waals surface area contributed by atoms with Crippen LogP contribution in [0.25, 0.3) is 11.1 Å². The molecule has 1 fully saturated rings. The number of nitrogens with one attached hydrogen (secondary N) is 2. The van der Waals surface area contributed by atoms with Gasteiger partial charge in [-0.3, -0.25) is 9.52 Å². The highest BCUT2D eigenvalue weighted by atomic mass is 32.2. The molecule has 42 heavy (non-hydrogen) atoms. The van der Waals surface area contributed by atoms with Crippen molar-refractivity contribution in [3.05, 3.63) is 40.5 Å². The zero-order valence-corrected chi connectivity index (χ0v) is 26.5. The van der Waals surface area contributed by atoms with Gasteiger partial charge in [0.25, 0.3) is 0 Å². The fourth-order valence-electron chi connectivity index (χ4n) is 6.17. The molecule has 2 aromatic carbocycles. The van der Waals surface area contributed by atoms with Crippen LogP contribution in [0.2, 0.25) is 0 Å². The Hall–Kier alpha value is -3.11. The molecule has 10 heteroatoms. The number of benzene rings is 2. The van der Waals surface area contributed by atoms with E-state index in [-0.39, 0.29) is 23.0 Å². The Morgan fingerprint density at radius 1 is 1.14 bits per heavy atom. The second kappa shape index (κ2) is 12.2. The summed E-state index contributed by atoms with van der Waals surface area (Å²) in [4.78, 5) is 26.9. The van der Waals surface area contributed by atoms with Crippen molar-refractivity contribution in [1.82, 2.24) is 0 Å². The number of ether oxygens (including phenoxy) is 2. The lowest BCUT2D eigenvalue weighted by molar-refractivity contribution is -0.160. The Kier molecular flexibility index (Phi) is 9.28. The van der Waals surface area contributed by atoms with E-state index in [4.69, 9.17) is 9.47 Å². The Morgan fingerprint density at radius 2 is 1.81 bits per heavy atom. The smallest absolute Gasteiger partial charge is 0.337 e. The number of fused-ring (bicyclic) bond motifs is 1. The molecule has 0 bridgehead atoms. The zero-order chi connectivity index (χ0) is 31.0. The highest BCUT2D eigenvalue weighted by Crippen LogP contribution is 2.46. The van der Waals surface area contributed by atoms with Crippen molar-refractivity contribution < 1.29 is 32.6 Å². The first-order valence-corrected chi connectivity index (χ1v) is 16.5. The third-order valence-corrected chi connectivity index (χ3v) is 8.70. The number of Topliss-reactive ketones (excluding diaryl/α,β-unsaturated/α-hetero) is 1. The van der Waals surface area contributed by atoms with Crippen LogP contribution in [0.5, 0.6) is 5.75 Å². The van der Waals surface area contributed by atoms with Crippen molar-refractivity contribution >= 4 is 33.2 Å². The molecule has 1 atom stereocenters. The molecular weight excluding hydrogens is 556 g/mol. The molecule has 9 nitrogen and oxygen atoms in total. The summed E-state index contributed by atoms with van der Waals surface area (Å²) in [5.41, 5.74) is 2.70. The molecule has 1 heterocycles. The molecule has 2 aliphatic rings. The molecule has 1 aliphatic carbocycles. The fraction of sp³-hybridized carbons (Fsp3) is 0.562. The molecule has 0 saturated heterocycles. The van der Waals surface area contributed by atoms with Crippen molar-refractivity contribution in [1.29, 1.82) is 0 Å². The molecule has 230 valence electrons. The molecule has 0 radical (unpaired) electrons. The van der Waals surface area contributed by atoms with Crippen LogP contribution in [0.15, 0.2) is 18.2 Å². The third-order valence-electron chi connectivity index (χ3n) is 8.13. The van der Waals surface area contributed by atoms with Crippen molar-refractivity contribution in [3.63, 3.8) is 0 Å². The quantitative estimate of drug-likeness (QED) is 0.279. The molecule has 4 rings (SSSR count). The summed E-state index contributed by atoms with van der Waals surface area (Å²) in [7, 11) is -3.82. The monoisotopic (exact) mass is 600 g/mol. The number of hydrogen-bond donors (Lipinski definition) is 3. The van der Waals surface area contributed by atoms with Gasteiger partial charge in [0.15, 0.2) is 11.9 Å². The van der Waals surface area contributed by atoms with Gasteiger partial charge in [-0.2, -0.15) is 0 Å². The van der Waals surface area contributed by atoms with E-state index in [9.17, 15) is 23.1 Å². The summed E-state index contributed by atoms with van der Waals surface area (Å²) in [6, 6.07) is 5.55. The van der Waals surface area contributed by atoms with Gasteiger partial charge in [-0.05, 0) is 93.7 Å².